The predicted octanol–water partition coefficient (Wildman–Crippen LogP) is 4.69. The topological polar surface area (TPSA) is 66.8 Å². The highest BCUT2D eigenvalue weighted by molar-refractivity contribution is 9.10. The molecule has 29 heavy (non-hydrogen) atoms. The second kappa shape index (κ2) is 9.37. The Morgan fingerprint density at radius 2 is 1.76 bits per heavy atom. The lowest BCUT2D eigenvalue weighted by Crippen LogP contribution is -2.31. The Balaban J connectivity index is 2.00. The third-order valence-electron chi connectivity index (χ3n) is 4.77. The largest absolute Gasteiger partial charge is 0.507 e. The molecule has 152 valence electrons. The summed E-state index contributed by atoms with van der Waals surface area (Å²) in [6.45, 7) is 4.76. The van der Waals surface area contributed by atoms with E-state index in [1.165, 1.54) is 4.90 Å². The fourth-order valence-corrected chi connectivity index (χ4v) is 3.67. The average Bonchev–Trinajstić information content (AvgIpc) is 2.96. The first-order chi connectivity index (χ1) is 13.9. The number of hydrogen-bond donors (Lipinski definition) is 1. The second-order valence-corrected chi connectivity index (χ2v) is 8.10. The Hall–Kier alpha value is -2.44. The minimum absolute atomic E-state index is 0.103. The van der Waals surface area contributed by atoms with Crippen LogP contribution in [0.4, 0.5) is 0 Å². The van der Waals surface area contributed by atoms with Gasteiger partial charge in [0, 0.05) is 23.2 Å². The molecule has 0 bridgehead atoms. The van der Waals surface area contributed by atoms with Crippen molar-refractivity contribution in [1.29, 1.82) is 0 Å². The maximum Gasteiger partial charge on any atom is 0.295 e. The lowest BCUT2D eigenvalue weighted by atomic mass is 9.95. The summed E-state index contributed by atoms with van der Waals surface area (Å²) in [7, 11) is 0. The zero-order valence-electron chi connectivity index (χ0n) is 16.5. The first-order valence-electron chi connectivity index (χ1n) is 9.61. The number of aliphatic hydroxyl groups excluding tert-OH is 1. The molecule has 1 saturated heterocycles. The van der Waals surface area contributed by atoms with Crippen molar-refractivity contribution in [2.24, 2.45) is 0 Å². The van der Waals surface area contributed by atoms with E-state index in [0.717, 1.165) is 10.0 Å². The molecule has 1 atom stereocenters. The molecule has 1 aliphatic rings. The van der Waals surface area contributed by atoms with E-state index in [2.05, 4.69) is 15.9 Å². The van der Waals surface area contributed by atoms with Gasteiger partial charge >= 0.3 is 0 Å². The van der Waals surface area contributed by atoms with Crippen LogP contribution in [0, 0.1) is 0 Å². The van der Waals surface area contributed by atoms with Gasteiger partial charge in [-0.15, -0.1) is 0 Å². The van der Waals surface area contributed by atoms with Crippen LogP contribution in [-0.4, -0.2) is 41.0 Å². The van der Waals surface area contributed by atoms with E-state index in [1.807, 2.05) is 44.2 Å². The molecule has 1 amide bonds. The zero-order chi connectivity index (χ0) is 21.0. The van der Waals surface area contributed by atoms with Gasteiger partial charge in [0.25, 0.3) is 11.7 Å². The summed E-state index contributed by atoms with van der Waals surface area (Å²) in [5, 5.41) is 10.9. The monoisotopic (exact) mass is 457 g/mol. The van der Waals surface area contributed by atoms with Crippen molar-refractivity contribution in [3.8, 4) is 0 Å². The van der Waals surface area contributed by atoms with Crippen molar-refractivity contribution in [3.63, 3.8) is 0 Å². The highest BCUT2D eigenvalue weighted by Gasteiger charge is 2.45. The summed E-state index contributed by atoms with van der Waals surface area (Å²) < 4.78 is 6.47. The number of aliphatic hydroxyl groups is 1. The fraction of sp³-hybridized carbons (Fsp3) is 0.304. The van der Waals surface area contributed by atoms with Crippen molar-refractivity contribution in [2.75, 3.05) is 13.2 Å². The Morgan fingerprint density at radius 1 is 1.10 bits per heavy atom. The molecule has 0 radical (unpaired) electrons. The van der Waals surface area contributed by atoms with Crippen molar-refractivity contribution >= 4 is 33.4 Å². The number of carbonyl (C=O) groups excluding carboxylic acids is 2. The van der Waals surface area contributed by atoms with Crippen LogP contribution in [0.2, 0.25) is 0 Å². The van der Waals surface area contributed by atoms with E-state index in [-0.39, 0.29) is 17.4 Å². The number of Topliss-reactive ketones (excluding diaryl/α,β-unsaturated/α-hetero) is 1. The molecule has 6 heteroatoms. The zero-order valence-corrected chi connectivity index (χ0v) is 18.1. The maximum atomic E-state index is 12.9. The summed E-state index contributed by atoms with van der Waals surface area (Å²) in [5.41, 5.74) is 1.40. The fourth-order valence-electron chi connectivity index (χ4n) is 3.41. The van der Waals surface area contributed by atoms with Gasteiger partial charge in [0.15, 0.2) is 0 Å². The van der Waals surface area contributed by atoms with Gasteiger partial charge < -0.3 is 14.7 Å². The molecule has 3 rings (SSSR count). The molecule has 0 aliphatic carbocycles. The van der Waals surface area contributed by atoms with E-state index in [9.17, 15) is 14.7 Å². The number of halogens is 1. The van der Waals surface area contributed by atoms with Gasteiger partial charge in [-0.1, -0.05) is 58.4 Å². The average molecular weight is 458 g/mol. The van der Waals surface area contributed by atoms with E-state index in [0.29, 0.717) is 25.1 Å². The molecular weight excluding hydrogens is 434 g/mol. The smallest absolute Gasteiger partial charge is 0.295 e. The number of hydrogen-bond acceptors (Lipinski definition) is 4. The summed E-state index contributed by atoms with van der Waals surface area (Å²) in [6.07, 6.45) is 0.703. The van der Waals surface area contributed by atoms with Crippen LogP contribution in [-0.2, 0) is 14.3 Å². The molecule has 2 aromatic carbocycles. The summed E-state index contributed by atoms with van der Waals surface area (Å²) in [4.78, 5) is 27.2. The molecule has 5 nitrogen and oxygen atoms in total. The minimum Gasteiger partial charge on any atom is -0.507 e. The highest BCUT2D eigenvalue weighted by Crippen LogP contribution is 2.39. The van der Waals surface area contributed by atoms with Crippen molar-refractivity contribution < 1.29 is 19.4 Å². The Morgan fingerprint density at radius 3 is 2.38 bits per heavy atom. The summed E-state index contributed by atoms with van der Waals surface area (Å²) in [6, 6.07) is 15.6. The summed E-state index contributed by atoms with van der Waals surface area (Å²) >= 11 is 3.41. The first-order valence-corrected chi connectivity index (χ1v) is 10.4. The van der Waals surface area contributed by atoms with Crippen LogP contribution in [0.3, 0.4) is 0 Å². The van der Waals surface area contributed by atoms with Gasteiger partial charge in [-0.05, 0) is 38.0 Å². The normalized spacial score (nSPS) is 18.6. The van der Waals surface area contributed by atoms with Crippen molar-refractivity contribution in [1.82, 2.24) is 4.90 Å². The molecule has 0 unspecified atom stereocenters. The van der Waals surface area contributed by atoms with E-state index in [4.69, 9.17) is 4.74 Å². The first kappa shape index (κ1) is 21.3. The lowest BCUT2D eigenvalue weighted by Gasteiger charge is -2.25. The van der Waals surface area contributed by atoms with Crippen LogP contribution in [0.15, 0.2) is 64.6 Å². The number of nitrogens with zero attached hydrogens (tertiary/aromatic N) is 1. The van der Waals surface area contributed by atoms with Crippen LogP contribution in [0.5, 0.6) is 0 Å². The Labute approximate surface area is 179 Å². The van der Waals surface area contributed by atoms with Gasteiger partial charge in [0.1, 0.15) is 5.76 Å². The van der Waals surface area contributed by atoms with Gasteiger partial charge in [-0.25, -0.2) is 0 Å². The second-order valence-electron chi connectivity index (χ2n) is 7.18. The molecule has 1 N–H and O–H groups in total. The predicted molar refractivity (Wildman–Crippen MR) is 115 cm³/mol. The molecule has 1 aliphatic heterocycles. The third kappa shape index (κ3) is 4.77. The van der Waals surface area contributed by atoms with E-state index >= 15 is 0 Å². The number of ether oxygens (including phenoxy) is 1. The van der Waals surface area contributed by atoms with Crippen LogP contribution >= 0.6 is 15.9 Å². The van der Waals surface area contributed by atoms with Crippen LogP contribution in [0.1, 0.15) is 37.4 Å². The molecule has 1 fully saturated rings. The SMILES string of the molecule is CC(C)OCCCN1C(=O)C(=O)C(=C(O)c2ccccc2)[C@H]1c1ccc(Br)cc1. The summed E-state index contributed by atoms with van der Waals surface area (Å²) in [5.74, 6) is -1.42. The van der Waals surface area contributed by atoms with Crippen molar-refractivity contribution in [3.05, 3.63) is 75.8 Å². The number of likely N-dealkylation sites (tertiary alicyclic amines) is 1. The number of amides is 1. The Kier molecular flexibility index (Phi) is 6.87. The molecule has 2 aromatic rings. The molecular formula is C23H24BrNO4. The number of carbonyl (C=O) groups is 2. The number of rotatable bonds is 7. The standard InChI is InChI=1S/C23H24BrNO4/c1-15(2)29-14-6-13-25-20(16-9-11-18(24)12-10-16)19(22(27)23(25)28)21(26)17-7-4-3-5-8-17/h3-5,7-12,15,20,26H,6,13-14H2,1-2H3/t20-/m1/s1. The number of benzene rings is 2. The number of ketones is 1. The maximum absolute atomic E-state index is 12.9. The van der Waals surface area contributed by atoms with Crippen LogP contribution < -0.4 is 0 Å². The van der Waals surface area contributed by atoms with Crippen LogP contribution in [0.25, 0.3) is 5.76 Å². The Bertz CT molecular complexity index is 906. The van der Waals surface area contributed by atoms with Gasteiger partial charge in [0.2, 0.25) is 0 Å². The molecule has 0 aromatic heterocycles. The third-order valence-corrected chi connectivity index (χ3v) is 5.30. The van der Waals surface area contributed by atoms with E-state index in [1.54, 1.807) is 24.3 Å². The highest BCUT2D eigenvalue weighted by atomic mass is 79.9. The van der Waals surface area contributed by atoms with E-state index < -0.39 is 17.7 Å². The molecule has 0 spiro atoms. The van der Waals surface area contributed by atoms with Crippen molar-refractivity contribution in [2.45, 2.75) is 32.4 Å². The molecule has 0 saturated carbocycles. The van der Waals surface area contributed by atoms with Gasteiger partial charge in [-0.2, -0.15) is 0 Å². The lowest BCUT2D eigenvalue weighted by molar-refractivity contribution is -0.140. The quantitative estimate of drug-likeness (QED) is 0.283. The minimum atomic E-state index is -0.663. The molecule has 1 heterocycles. The van der Waals surface area contributed by atoms with Gasteiger partial charge in [0.05, 0.1) is 17.7 Å². The van der Waals surface area contributed by atoms with Gasteiger partial charge in [-0.3, -0.25) is 9.59 Å².